The maximum absolute atomic E-state index is 13.1. The summed E-state index contributed by atoms with van der Waals surface area (Å²) in [6, 6.07) is 8.82. The largest absolute Gasteiger partial charge is 0.316 e. The molecule has 0 amide bonds. The third kappa shape index (κ3) is 2.99. The van der Waals surface area contributed by atoms with E-state index in [1.54, 1.807) is 0 Å². The highest BCUT2D eigenvalue weighted by Gasteiger charge is 2.15. The van der Waals surface area contributed by atoms with Crippen molar-refractivity contribution in [3.8, 4) is 0 Å². The molecule has 0 unspecified atom stereocenters. The summed E-state index contributed by atoms with van der Waals surface area (Å²) in [5, 5.41) is 0. The summed E-state index contributed by atoms with van der Waals surface area (Å²) in [5.41, 5.74) is -1.19. The Morgan fingerprint density at radius 3 is 2.30 bits per heavy atom. The number of benzene rings is 2. The second-order valence-electron chi connectivity index (χ2n) is 4.73. The first-order valence-electron chi connectivity index (χ1n) is 6.40. The number of aromatic nitrogens is 2. The van der Waals surface area contributed by atoms with Gasteiger partial charge in [-0.2, -0.15) is 0 Å². The molecule has 1 heterocycles. The third-order valence-electron chi connectivity index (χ3n) is 3.08. The number of anilines is 1. The van der Waals surface area contributed by atoms with Gasteiger partial charge in [-0.15, -0.1) is 0 Å². The van der Waals surface area contributed by atoms with Gasteiger partial charge in [-0.25, -0.2) is 12.8 Å². The number of rotatable bonds is 3. The Morgan fingerprint density at radius 1 is 0.913 bits per heavy atom. The summed E-state index contributed by atoms with van der Waals surface area (Å²) < 4.78 is 40.0. The van der Waals surface area contributed by atoms with Crippen LogP contribution in [0.15, 0.2) is 56.9 Å². The minimum atomic E-state index is -3.98. The minimum absolute atomic E-state index is 0.0695. The van der Waals surface area contributed by atoms with Gasteiger partial charge in [0.1, 0.15) is 5.82 Å². The van der Waals surface area contributed by atoms with E-state index in [9.17, 15) is 22.4 Å². The summed E-state index contributed by atoms with van der Waals surface area (Å²) in [5.74, 6) is -0.578. The van der Waals surface area contributed by atoms with Gasteiger partial charge in [0.2, 0.25) is 0 Å². The lowest BCUT2D eigenvalue weighted by atomic mass is 10.3. The first kappa shape index (κ1) is 15.0. The highest BCUT2D eigenvalue weighted by Crippen LogP contribution is 2.19. The molecular weight excluding hydrogens is 325 g/mol. The monoisotopic (exact) mass is 335 g/mol. The fraction of sp³-hybridized carbons (Fsp3) is 0. The average molecular weight is 335 g/mol. The summed E-state index contributed by atoms with van der Waals surface area (Å²) in [7, 11) is -3.98. The number of hydrogen-bond donors (Lipinski definition) is 3. The molecule has 0 radical (unpaired) electrons. The fourth-order valence-corrected chi connectivity index (χ4v) is 3.10. The Labute approximate surface area is 128 Å². The molecular formula is C14H10FN3O4S. The molecule has 3 N–H and O–H groups in total. The standard InChI is InChI=1S/C14H10FN3O4S/c15-8-2-1-3-9(6-8)18-23(21,22)10-4-5-11-12(7-10)17-14(20)13(19)16-11/h1-7,18H,(H,16,19)(H,17,20). The molecule has 0 aliphatic rings. The molecule has 3 rings (SSSR count). The number of aromatic amines is 2. The second kappa shape index (κ2) is 5.36. The lowest BCUT2D eigenvalue weighted by Crippen LogP contribution is -2.29. The van der Waals surface area contributed by atoms with Crippen LogP contribution < -0.4 is 15.8 Å². The number of H-pyrrole nitrogens is 2. The zero-order valence-electron chi connectivity index (χ0n) is 11.5. The van der Waals surface area contributed by atoms with Gasteiger partial charge in [0.05, 0.1) is 21.6 Å². The summed E-state index contributed by atoms with van der Waals surface area (Å²) in [6.07, 6.45) is 0. The van der Waals surface area contributed by atoms with Crippen molar-refractivity contribution in [3.05, 3.63) is 69.0 Å². The maximum atomic E-state index is 13.1. The first-order chi connectivity index (χ1) is 10.8. The maximum Gasteiger partial charge on any atom is 0.314 e. The summed E-state index contributed by atoms with van der Waals surface area (Å²) in [4.78, 5) is 27.0. The molecule has 2 aromatic carbocycles. The normalized spacial score (nSPS) is 11.5. The summed E-state index contributed by atoms with van der Waals surface area (Å²) in [6.45, 7) is 0. The Morgan fingerprint density at radius 2 is 1.61 bits per heavy atom. The molecule has 3 aromatic rings. The van der Waals surface area contributed by atoms with Gasteiger partial charge in [-0.3, -0.25) is 14.3 Å². The zero-order valence-corrected chi connectivity index (χ0v) is 12.3. The van der Waals surface area contributed by atoms with Crippen molar-refractivity contribution < 1.29 is 12.8 Å². The first-order valence-corrected chi connectivity index (χ1v) is 7.88. The second-order valence-corrected chi connectivity index (χ2v) is 6.41. The van der Waals surface area contributed by atoms with E-state index >= 15 is 0 Å². The Balaban J connectivity index is 2.06. The van der Waals surface area contributed by atoms with E-state index in [1.165, 1.54) is 36.4 Å². The van der Waals surface area contributed by atoms with Crippen LogP contribution in [-0.4, -0.2) is 18.4 Å². The molecule has 9 heteroatoms. The molecule has 0 fully saturated rings. The SMILES string of the molecule is O=c1[nH]c2ccc(S(=O)(=O)Nc3cccc(F)c3)cc2[nH]c1=O. The van der Waals surface area contributed by atoms with Gasteiger partial charge in [0, 0.05) is 0 Å². The molecule has 0 atom stereocenters. The van der Waals surface area contributed by atoms with E-state index in [2.05, 4.69) is 14.7 Å². The van der Waals surface area contributed by atoms with Gasteiger partial charge in [-0.05, 0) is 36.4 Å². The van der Waals surface area contributed by atoms with Crippen molar-refractivity contribution in [3.63, 3.8) is 0 Å². The van der Waals surface area contributed by atoms with Crippen molar-refractivity contribution in [2.24, 2.45) is 0 Å². The van der Waals surface area contributed by atoms with E-state index in [1.807, 2.05) is 0 Å². The molecule has 0 saturated carbocycles. The molecule has 0 aliphatic carbocycles. The number of nitrogens with one attached hydrogen (secondary N) is 3. The van der Waals surface area contributed by atoms with Crippen molar-refractivity contribution in [1.29, 1.82) is 0 Å². The van der Waals surface area contributed by atoms with E-state index in [0.29, 0.717) is 5.52 Å². The fourth-order valence-electron chi connectivity index (χ4n) is 2.03. The van der Waals surface area contributed by atoms with E-state index in [-0.39, 0.29) is 16.1 Å². The third-order valence-corrected chi connectivity index (χ3v) is 4.46. The Hall–Kier alpha value is -2.94. The van der Waals surface area contributed by atoms with Crippen molar-refractivity contribution in [1.82, 2.24) is 9.97 Å². The van der Waals surface area contributed by atoms with Crippen LogP contribution in [0.3, 0.4) is 0 Å². The smallest absolute Gasteiger partial charge is 0.314 e. The molecule has 0 saturated heterocycles. The van der Waals surface area contributed by atoms with Crippen LogP contribution >= 0.6 is 0 Å². The van der Waals surface area contributed by atoms with Crippen LogP contribution in [0.1, 0.15) is 0 Å². The highest BCUT2D eigenvalue weighted by molar-refractivity contribution is 7.92. The van der Waals surface area contributed by atoms with Gasteiger partial charge in [-0.1, -0.05) is 6.07 Å². The average Bonchev–Trinajstić information content (AvgIpc) is 2.47. The van der Waals surface area contributed by atoms with Gasteiger partial charge >= 0.3 is 11.1 Å². The van der Waals surface area contributed by atoms with Crippen LogP contribution in [0.25, 0.3) is 11.0 Å². The van der Waals surface area contributed by atoms with Gasteiger partial charge in [0.15, 0.2) is 0 Å². The molecule has 0 aliphatic heterocycles. The topological polar surface area (TPSA) is 112 Å². The molecule has 23 heavy (non-hydrogen) atoms. The minimum Gasteiger partial charge on any atom is -0.316 e. The molecule has 0 bridgehead atoms. The van der Waals surface area contributed by atoms with Crippen molar-refractivity contribution >= 4 is 26.7 Å². The van der Waals surface area contributed by atoms with Crippen LogP contribution in [-0.2, 0) is 10.0 Å². The van der Waals surface area contributed by atoms with Crippen LogP contribution in [0.2, 0.25) is 0 Å². The van der Waals surface area contributed by atoms with Crippen LogP contribution in [0, 0.1) is 5.82 Å². The lowest BCUT2D eigenvalue weighted by molar-refractivity contribution is 0.601. The van der Waals surface area contributed by atoms with Crippen LogP contribution in [0.5, 0.6) is 0 Å². The Bertz CT molecular complexity index is 1120. The van der Waals surface area contributed by atoms with E-state index in [0.717, 1.165) is 6.07 Å². The van der Waals surface area contributed by atoms with Gasteiger partial charge < -0.3 is 9.97 Å². The molecule has 118 valence electrons. The molecule has 0 spiro atoms. The number of fused-ring (bicyclic) bond motifs is 1. The van der Waals surface area contributed by atoms with Gasteiger partial charge in [0.25, 0.3) is 10.0 Å². The van der Waals surface area contributed by atoms with Crippen LogP contribution in [0.4, 0.5) is 10.1 Å². The predicted octanol–water partition coefficient (Wildman–Crippen LogP) is 1.16. The van der Waals surface area contributed by atoms with E-state index in [4.69, 9.17) is 0 Å². The number of sulfonamides is 1. The van der Waals surface area contributed by atoms with Crippen molar-refractivity contribution in [2.75, 3.05) is 4.72 Å². The zero-order chi connectivity index (χ0) is 16.6. The number of halogens is 1. The Kier molecular flexibility index (Phi) is 3.49. The lowest BCUT2D eigenvalue weighted by Gasteiger charge is -2.08. The molecule has 7 nitrogen and oxygen atoms in total. The number of hydrogen-bond acceptors (Lipinski definition) is 4. The predicted molar refractivity (Wildman–Crippen MR) is 82.4 cm³/mol. The quantitative estimate of drug-likeness (QED) is 0.623. The molecule has 1 aromatic heterocycles. The van der Waals surface area contributed by atoms with E-state index < -0.39 is 27.0 Å². The van der Waals surface area contributed by atoms with Crippen molar-refractivity contribution in [2.45, 2.75) is 4.90 Å². The highest BCUT2D eigenvalue weighted by atomic mass is 32.2. The summed E-state index contributed by atoms with van der Waals surface area (Å²) >= 11 is 0.